The number of nitrogens with one attached hydrogen (secondary N) is 1. The monoisotopic (exact) mass is 186 g/mol. The maximum Gasteiger partial charge on any atom is 0.236 e. The molecule has 0 aliphatic carbocycles. The molecular weight excluding hydrogens is 172 g/mol. The first-order valence-electron chi connectivity index (χ1n) is 4.14. The molecule has 1 aliphatic rings. The van der Waals surface area contributed by atoms with E-state index >= 15 is 0 Å². The van der Waals surface area contributed by atoms with E-state index in [0.717, 1.165) is 6.54 Å². The van der Waals surface area contributed by atoms with Crippen molar-refractivity contribution in [3.8, 4) is 0 Å². The van der Waals surface area contributed by atoms with E-state index < -0.39 is 11.9 Å². The molecule has 0 aromatic rings. The van der Waals surface area contributed by atoms with E-state index in [-0.39, 0.29) is 12.5 Å². The van der Waals surface area contributed by atoms with E-state index in [9.17, 15) is 9.59 Å². The summed E-state index contributed by atoms with van der Waals surface area (Å²) in [6.07, 6.45) is 0. The molecule has 1 atom stereocenters. The van der Waals surface area contributed by atoms with E-state index in [1.165, 1.54) is 0 Å². The second-order valence-corrected chi connectivity index (χ2v) is 3.03. The van der Waals surface area contributed by atoms with Gasteiger partial charge < -0.3 is 21.7 Å². The number of carbonyl (C=O) groups excluding carboxylic acids is 2. The topological polar surface area (TPSA) is 101 Å². The predicted molar refractivity (Wildman–Crippen MR) is 46.6 cm³/mol. The van der Waals surface area contributed by atoms with Crippen molar-refractivity contribution in [2.75, 3.05) is 26.2 Å². The molecule has 5 N–H and O–H groups in total. The number of carbonyl (C=O) groups is 2. The van der Waals surface area contributed by atoms with Gasteiger partial charge in [0.1, 0.15) is 6.04 Å². The van der Waals surface area contributed by atoms with Gasteiger partial charge in [0.2, 0.25) is 11.8 Å². The van der Waals surface area contributed by atoms with Gasteiger partial charge >= 0.3 is 0 Å². The molecule has 1 aliphatic heterocycles. The SMILES string of the molecule is NC(=O)C(N)CN1CCNCC1=O. The smallest absolute Gasteiger partial charge is 0.236 e. The Balaban J connectivity index is 2.42. The Kier molecular flexibility index (Phi) is 3.21. The van der Waals surface area contributed by atoms with Crippen LogP contribution in [0.2, 0.25) is 0 Å². The molecule has 13 heavy (non-hydrogen) atoms. The molecule has 0 radical (unpaired) electrons. The highest BCUT2D eigenvalue weighted by Crippen LogP contribution is 1.95. The summed E-state index contributed by atoms with van der Waals surface area (Å²) >= 11 is 0. The first-order valence-corrected chi connectivity index (χ1v) is 4.14. The lowest BCUT2D eigenvalue weighted by atomic mass is 10.2. The second kappa shape index (κ2) is 4.20. The van der Waals surface area contributed by atoms with Crippen LogP contribution in [0.5, 0.6) is 0 Å². The number of hydrogen-bond acceptors (Lipinski definition) is 4. The number of nitrogens with two attached hydrogens (primary N) is 2. The van der Waals surface area contributed by atoms with Crippen LogP contribution in [0.15, 0.2) is 0 Å². The number of piperazine rings is 1. The van der Waals surface area contributed by atoms with Crippen LogP contribution in [0.1, 0.15) is 0 Å². The number of hydrogen-bond donors (Lipinski definition) is 3. The Morgan fingerprint density at radius 1 is 1.69 bits per heavy atom. The zero-order chi connectivity index (χ0) is 9.84. The van der Waals surface area contributed by atoms with Gasteiger partial charge in [-0.05, 0) is 0 Å². The minimum atomic E-state index is -0.762. The van der Waals surface area contributed by atoms with Crippen molar-refractivity contribution < 1.29 is 9.59 Å². The first-order chi connectivity index (χ1) is 6.11. The van der Waals surface area contributed by atoms with Crippen LogP contribution in [0.25, 0.3) is 0 Å². The number of amides is 2. The van der Waals surface area contributed by atoms with Gasteiger partial charge in [-0.3, -0.25) is 9.59 Å². The van der Waals surface area contributed by atoms with Crippen LogP contribution in [0.4, 0.5) is 0 Å². The molecule has 1 saturated heterocycles. The Morgan fingerprint density at radius 2 is 2.38 bits per heavy atom. The van der Waals surface area contributed by atoms with Crippen LogP contribution < -0.4 is 16.8 Å². The lowest BCUT2D eigenvalue weighted by Gasteiger charge is -2.28. The zero-order valence-corrected chi connectivity index (χ0v) is 7.32. The highest BCUT2D eigenvalue weighted by Gasteiger charge is 2.21. The molecule has 0 bridgehead atoms. The molecule has 74 valence electrons. The van der Waals surface area contributed by atoms with Crippen LogP contribution in [-0.2, 0) is 9.59 Å². The summed E-state index contributed by atoms with van der Waals surface area (Å²) in [4.78, 5) is 23.4. The van der Waals surface area contributed by atoms with Crippen molar-refractivity contribution in [2.45, 2.75) is 6.04 Å². The molecule has 1 fully saturated rings. The number of nitrogens with zero attached hydrogens (tertiary/aromatic N) is 1. The molecule has 0 aromatic heterocycles. The van der Waals surface area contributed by atoms with E-state index in [1.807, 2.05) is 0 Å². The second-order valence-electron chi connectivity index (χ2n) is 3.03. The number of primary amides is 1. The summed E-state index contributed by atoms with van der Waals surface area (Å²) in [6, 6.07) is -0.762. The van der Waals surface area contributed by atoms with Crippen molar-refractivity contribution in [1.82, 2.24) is 10.2 Å². The van der Waals surface area contributed by atoms with Gasteiger partial charge in [-0.1, -0.05) is 0 Å². The van der Waals surface area contributed by atoms with Crippen molar-refractivity contribution >= 4 is 11.8 Å². The fourth-order valence-electron chi connectivity index (χ4n) is 1.17. The van der Waals surface area contributed by atoms with Gasteiger partial charge in [0.25, 0.3) is 0 Å². The maximum atomic E-state index is 11.2. The lowest BCUT2D eigenvalue weighted by molar-refractivity contribution is -0.132. The van der Waals surface area contributed by atoms with Crippen molar-refractivity contribution in [1.29, 1.82) is 0 Å². The molecule has 6 heteroatoms. The summed E-state index contributed by atoms with van der Waals surface area (Å²) in [5, 5.41) is 2.92. The summed E-state index contributed by atoms with van der Waals surface area (Å²) in [6.45, 7) is 1.85. The highest BCUT2D eigenvalue weighted by molar-refractivity contribution is 5.82. The maximum absolute atomic E-state index is 11.2. The summed E-state index contributed by atoms with van der Waals surface area (Å²) in [7, 11) is 0. The summed E-state index contributed by atoms with van der Waals surface area (Å²) in [5.41, 5.74) is 10.4. The van der Waals surface area contributed by atoms with Crippen LogP contribution in [-0.4, -0.2) is 48.9 Å². The third-order valence-electron chi connectivity index (χ3n) is 1.97. The summed E-state index contributed by atoms with van der Waals surface area (Å²) < 4.78 is 0. The quantitative estimate of drug-likeness (QED) is 0.444. The van der Waals surface area contributed by atoms with Gasteiger partial charge in [-0.2, -0.15) is 0 Å². The van der Waals surface area contributed by atoms with Gasteiger partial charge in [0, 0.05) is 19.6 Å². The Labute approximate surface area is 76.2 Å². The van der Waals surface area contributed by atoms with E-state index in [4.69, 9.17) is 11.5 Å². The van der Waals surface area contributed by atoms with Crippen molar-refractivity contribution in [3.63, 3.8) is 0 Å². The van der Waals surface area contributed by atoms with Crippen molar-refractivity contribution in [3.05, 3.63) is 0 Å². The van der Waals surface area contributed by atoms with Gasteiger partial charge in [-0.15, -0.1) is 0 Å². The Hall–Kier alpha value is -1.14. The average molecular weight is 186 g/mol. The lowest BCUT2D eigenvalue weighted by Crippen LogP contribution is -2.54. The molecule has 6 nitrogen and oxygen atoms in total. The van der Waals surface area contributed by atoms with E-state index in [1.54, 1.807) is 4.90 Å². The standard InChI is InChI=1S/C7H14N4O2/c8-5(7(9)13)4-11-2-1-10-3-6(11)12/h5,10H,1-4,8H2,(H2,9,13). The van der Waals surface area contributed by atoms with Crippen LogP contribution in [0.3, 0.4) is 0 Å². The zero-order valence-electron chi connectivity index (χ0n) is 7.32. The third-order valence-corrected chi connectivity index (χ3v) is 1.97. The third kappa shape index (κ3) is 2.67. The fraction of sp³-hybridized carbons (Fsp3) is 0.714. The molecule has 0 aromatic carbocycles. The Morgan fingerprint density at radius 3 is 2.92 bits per heavy atom. The minimum absolute atomic E-state index is 0.0389. The normalized spacial score (nSPS) is 20.1. The molecule has 1 unspecified atom stereocenters. The molecule has 0 saturated carbocycles. The largest absolute Gasteiger partial charge is 0.368 e. The minimum Gasteiger partial charge on any atom is -0.368 e. The van der Waals surface area contributed by atoms with Crippen LogP contribution >= 0.6 is 0 Å². The summed E-state index contributed by atoms with van der Waals surface area (Å²) in [5.74, 6) is -0.616. The average Bonchev–Trinajstić information content (AvgIpc) is 2.08. The van der Waals surface area contributed by atoms with Crippen molar-refractivity contribution in [2.24, 2.45) is 11.5 Å². The van der Waals surface area contributed by atoms with Crippen LogP contribution in [0, 0.1) is 0 Å². The highest BCUT2D eigenvalue weighted by atomic mass is 16.2. The molecular formula is C7H14N4O2. The molecule has 2 amide bonds. The van der Waals surface area contributed by atoms with Gasteiger partial charge in [0.15, 0.2) is 0 Å². The fourth-order valence-corrected chi connectivity index (χ4v) is 1.17. The molecule has 1 heterocycles. The van der Waals surface area contributed by atoms with E-state index in [0.29, 0.717) is 13.1 Å². The molecule has 0 spiro atoms. The Bertz CT molecular complexity index is 219. The predicted octanol–water partition coefficient (Wildman–Crippen LogP) is -2.77. The molecule has 1 rings (SSSR count). The van der Waals surface area contributed by atoms with Gasteiger partial charge in [-0.25, -0.2) is 0 Å². The first kappa shape index (κ1) is 9.94. The number of rotatable bonds is 3. The van der Waals surface area contributed by atoms with E-state index in [2.05, 4.69) is 5.32 Å². The van der Waals surface area contributed by atoms with Gasteiger partial charge in [0.05, 0.1) is 6.54 Å².